The summed E-state index contributed by atoms with van der Waals surface area (Å²) in [4.78, 5) is 12.7. The summed E-state index contributed by atoms with van der Waals surface area (Å²) < 4.78 is 0. The van der Waals surface area contributed by atoms with Gasteiger partial charge in [-0.25, -0.2) is 4.79 Å². The number of rotatable bonds is 3. The van der Waals surface area contributed by atoms with Crippen LogP contribution < -0.4 is 0 Å². The molecule has 3 rings (SSSR count). The van der Waals surface area contributed by atoms with Crippen molar-refractivity contribution in [2.24, 2.45) is 0 Å². The monoisotopic (exact) mass is 294 g/mol. The quantitative estimate of drug-likeness (QED) is 0.730. The molecule has 0 aliphatic heterocycles. The van der Waals surface area contributed by atoms with Crippen molar-refractivity contribution in [2.45, 2.75) is 6.92 Å². The fourth-order valence-corrected chi connectivity index (χ4v) is 3.27. The second kappa shape index (κ2) is 5.54. The number of hydrogen-bond donors (Lipinski definition) is 1. The van der Waals surface area contributed by atoms with Crippen molar-refractivity contribution in [1.29, 1.82) is 0 Å². The predicted molar refractivity (Wildman–Crippen MR) is 86.9 cm³/mol. The lowest BCUT2D eigenvalue weighted by atomic mass is 10.0. The van der Waals surface area contributed by atoms with E-state index in [-0.39, 0.29) is 0 Å². The third kappa shape index (κ3) is 2.73. The highest BCUT2D eigenvalue weighted by atomic mass is 32.1. The van der Waals surface area contributed by atoms with Gasteiger partial charge in [-0.05, 0) is 24.1 Å². The second-order valence-electron chi connectivity index (χ2n) is 4.89. The normalized spacial score (nSPS) is 10.5. The molecule has 0 amide bonds. The largest absolute Gasteiger partial charge is 0.477 e. The molecule has 3 aromatic rings. The number of aryl methyl sites for hydroxylation is 1. The highest BCUT2D eigenvalue weighted by molar-refractivity contribution is 7.18. The van der Waals surface area contributed by atoms with E-state index in [1.54, 1.807) is 6.07 Å². The van der Waals surface area contributed by atoms with Crippen LogP contribution in [0.1, 0.15) is 15.2 Å². The van der Waals surface area contributed by atoms with Crippen molar-refractivity contribution >= 4 is 17.3 Å². The molecule has 0 aliphatic carbocycles. The zero-order valence-corrected chi connectivity index (χ0v) is 12.4. The summed E-state index contributed by atoms with van der Waals surface area (Å²) in [5.41, 5.74) is 4.26. The first kappa shape index (κ1) is 13.6. The van der Waals surface area contributed by atoms with E-state index in [2.05, 4.69) is 0 Å². The van der Waals surface area contributed by atoms with Crippen molar-refractivity contribution in [1.82, 2.24) is 0 Å². The lowest BCUT2D eigenvalue weighted by Gasteiger charge is -2.04. The van der Waals surface area contributed by atoms with Gasteiger partial charge in [0.05, 0.1) is 0 Å². The molecule has 21 heavy (non-hydrogen) atoms. The first-order valence-electron chi connectivity index (χ1n) is 6.65. The topological polar surface area (TPSA) is 37.3 Å². The molecule has 1 heterocycles. The molecule has 1 aromatic heterocycles. The lowest BCUT2D eigenvalue weighted by Crippen LogP contribution is -1.89. The molecule has 2 aromatic carbocycles. The van der Waals surface area contributed by atoms with E-state index in [1.807, 2.05) is 61.5 Å². The van der Waals surface area contributed by atoms with E-state index in [0.717, 1.165) is 21.6 Å². The standard InChI is InChI=1S/C18H14O2S/c1-12-7-9-13(10-8-12)15-11-16(18(19)20)21-17(15)14-5-3-2-4-6-14/h2-11H,1H3,(H,19,20). The van der Waals surface area contributed by atoms with Gasteiger partial charge in [-0.1, -0.05) is 60.2 Å². The van der Waals surface area contributed by atoms with E-state index in [4.69, 9.17) is 0 Å². The summed E-state index contributed by atoms with van der Waals surface area (Å²) in [7, 11) is 0. The summed E-state index contributed by atoms with van der Waals surface area (Å²) >= 11 is 1.32. The van der Waals surface area contributed by atoms with Crippen LogP contribution in [0.4, 0.5) is 0 Å². The van der Waals surface area contributed by atoms with Crippen molar-refractivity contribution < 1.29 is 9.90 Å². The van der Waals surface area contributed by atoms with Crippen molar-refractivity contribution in [2.75, 3.05) is 0 Å². The molecule has 0 atom stereocenters. The Bertz CT molecular complexity index is 771. The summed E-state index contributed by atoms with van der Waals surface area (Å²) in [6, 6.07) is 19.8. The molecule has 2 nitrogen and oxygen atoms in total. The molecule has 0 saturated heterocycles. The predicted octanol–water partition coefficient (Wildman–Crippen LogP) is 5.09. The zero-order valence-electron chi connectivity index (χ0n) is 11.5. The zero-order chi connectivity index (χ0) is 14.8. The SMILES string of the molecule is Cc1ccc(-c2cc(C(=O)O)sc2-c2ccccc2)cc1. The Labute approximate surface area is 127 Å². The van der Waals surface area contributed by atoms with E-state index in [0.29, 0.717) is 4.88 Å². The van der Waals surface area contributed by atoms with Crippen LogP contribution in [0.2, 0.25) is 0 Å². The second-order valence-corrected chi connectivity index (χ2v) is 5.94. The van der Waals surface area contributed by atoms with Crippen molar-refractivity contribution in [3.63, 3.8) is 0 Å². The Morgan fingerprint density at radius 2 is 1.62 bits per heavy atom. The Balaban J connectivity index is 2.19. The van der Waals surface area contributed by atoms with Crippen molar-refractivity contribution in [3.8, 4) is 21.6 Å². The molecule has 0 aliphatic rings. The van der Waals surface area contributed by atoms with Gasteiger partial charge in [0, 0.05) is 10.4 Å². The molecule has 0 spiro atoms. The van der Waals surface area contributed by atoms with Gasteiger partial charge in [0.25, 0.3) is 0 Å². The Morgan fingerprint density at radius 1 is 0.952 bits per heavy atom. The average Bonchev–Trinajstić information content (AvgIpc) is 2.94. The van der Waals surface area contributed by atoms with Crippen LogP contribution in [-0.4, -0.2) is 11.1 Å². The first-order chi connectivity index (χ1) is 10.1. The minimum absolute atomic E-state index is 0.365. The number of aromatic carboxylic acids is 1. The van der Waals surface area contributed by atoms with Gasteiger partial charge in [-0.2, -0.15) is 0 Å². The van der Waals surface area contributed by atoms with Gasteiger partial charge in [0.2, 0.25) is 0 Å². The maximum Gasteiger partial charge on any atom is 0.345 e. The van der Waals surface area contributed by atoms with Crippen molar-refractivity contribution in [3.05, 3.63) is 71.1 Å². The van der Waals surface area contributed by atoms with Gasteiger partial charge >= 0.3 is 5.97 Å². The number of carbonyl (C=O) groups is 1. The molecule has 104 valence electrons. The molecule has 0 fully saturated rings. The molecule has 3 heteroatoms. The van der Waals surface area contributed by atoms with E-state index in [1.165, 1.54) is 16.9 Å². The number of thiophene rings is 1. The number of benzene rings is 2. The summed E-state index contributed by atoms with van der Waals surface area (Å²) in [6.45, 7) is 2.04. The molecular weight excluding hydrogens is 280 g/mol. The van der Waals surface area contributed by atoms with Crippen LogP contribution in [-0.2, 0) is 0 Å². The van der Waals surface area contributed by atoms with E-state index < -0.39 is 5.97 Å². The van der Waals surface area contributed by atoms with E-state index in [9.17, 15) is 9.90 Å². The highest BCUT2D eigenvalue weighted by Crippen LogP contribution is 2.39. The van der Waals surface area contributed by atoms with Gasteiger partial charge in [0.1, 0.15) is 4.88 Å². The smallest absolute Gasteiger partial charge is 0.345 e. The molecule has 1 N–H and O–H groups in total. The maximum atomic E-state index is 11.3. The molecule has 0 bridgehead atoms. The molecule has 0 radical (unpaired) electrons. The fraction of sp³-hybridized carbons (Fsp3) is 0.0556. The highest BCUT2D eigenvalue weighted by Gasteiger charge is 2.16. The van der Waals surface area contributed by atoms with Gasteiger partial charge in [-0.3, -0.25) is 0 Å². The van der Waals surface area contributed by atoms with Crippen LogP contribution in [0, 0.1) is 6.92 Å². The maximum absolute atomic E-state index is 11.3. The molecular formula is C18H14O2S. The van der Waals surface area contributed by atoms with Crippen LogP contribution in [0.15, 0.2) is 60.7 Å². The third-order valence-electron chi connectivity index (χ3n) is 3.34. The fourth-order valence-electron chi connectivity index (χ4n) is 2.25. The lowest BCUT2D eigenvalue weighted by molar-refractivity contribution is 0.0702. The van der Waals surface area contributed by atoms with Crippen LogP contribution in [0.5, 0.6) is 0 Å². The summed E-state index contributed by atoms with van der Waals surface area (Å²) in [6.07, 6.45) is 0. The minimum Gasteiger partial charge on any atom is -0.477 e. The van der Waals surface area contributed by atoms with Gasteiger partial charge < -0.3 is 5.11 Å². The molecule has 0 saturated carbocycles. The van der Waals surface area contributed by atoms with E-state index >= 15 is 0 Å². The Kier molecular flexibility index (Phi) is 3.59. The van der Waals surface area contributed by atoms with Crippen LogP contribution in [0.25, 0.3) is 21.6 Å². The Morgan fingerprint density at radius 3 is 2.24 bits per heavy atom. The summed E-state index contributed by atoms with van der Waals surface area (Å²) in [5, 5.41) is 9.27. The van der Waals surface area contributed by atoms with Crippen LogP contribution >= 0.6 is 11.3 Å². The molecule has 0 unspecified atom stereocenters. The Hall–Kier alpha value is -2.39. The average molecular weight is 294 g/mol. The third-order valence-corrected chi connectivity index (χ3v) is 4.51. The van der Waals surface area contributed by atoms with Crippen LogP contribution in [0.3, 0.4) is 0 Å². The first-order valence-corrected chi connectivity index (χ1v) is 7.46. The van der Waals surface area contributed by atoms with Gasteiger partial charge in [-0.15, -0.1) is 11.3 Å². The summed E-state index contributed by atoms with van der Waals surface area (Å²) in [5.74, 6) is -0.879. The number of hydrogen-bond acceptors (Lipinski definition) is 2. The minimum atomic E-state index is -0.879. The van der Waals surface area contributed by atoms with Gasteiger partial charge in [0.15, 0.2) is 0 Å². The number of carboxylic acids is 1. The number of carboxylic acid groups (broad SMARTS) is 1.